The van der Waals surface area contributed by atoms with Crippen LogP contribution in [0.15, 0.2) is 0 Å². The van der Waals surface area contributed by atoms with Gasteiger partial charge in [0.2, 0.25) is 0 Å². The van der Waals surface area contributed by atoms with E-state index < -0.39 is 0 Å². The summed E-state index contributed by atoms with van der Waals surface area (Å²) in [4.78, 5) is 2.55. The van der Waals surface area contributed by atoms with Gasteiger partial charge in [-0.3, -0.25) is 6.04 Å². The van der Waals surface area contributed by atoms with E-state index in [2.05, 4.69) is 80.6 Å². The summed E-state index contributed by atoms with van der Waals surface area (Å²) in [5.74, 6) is 0.621. The topological polar surface area (TPSA) is 3.24 Å². The number of rotatable bonds is 6. The Kier molecular flexibility index (Phi) is 9.19. The molecular weight excluding hydrogens is 295 g/mol. The van der Waals surface area contributed by atoms with Crippen LogP contribution >= 0.6 is 0 Å². The van der Waals surface area contributed by atoms with Gasteiger partial charge in [0.25, 0.3) is 0 Å². The first kappa shape index (κ1) is 21.4. The van der Waals surface area contributed by atoms with Gasteiger partial charge in [0, 0.05) is 32.7 Å². The molecule has 0 aromatic carbocycles. The van der Waals surface area contributed by atoms with Gasteiger partial charge in [-0.15, -0.1) is 5.41 Å². The van der Waals surface area contributed by atoms with Crippen molar-refractivity contribution in [3.8, 4) is 0 Å². The SMILES string of the molecule is C[C-](C)N(C(C)C)C(C)(C)C(C)(C)[CH-]C(C)C.[Y]. The quantitative estimate of drug-likeness (QED) is 0.625. The predicted molar refractivity (Wildman–Crippen MR) is 78.6 cm³/mol. The average Bonchev–Trinajstić information content (AvgIpc) is 1.97. The second kappa shape index (κ2) is 7.74. The van der Waals surface area contributed by atoms with Crippen LogP contribution in [-0.4, -0.2) is 16.5 Å². The zero-order chi connectivity index (χ0) is 14.0. The van der Waals surface area contributed by atoms with Crippen molar-refractivity contribution in [1.29, 1.82) is 0 Å². The van der Waals surface area contributed by atoms with Gasteiger partial charge in [0.05, 0.1) is 0 Å². The number of hydrogen-bond donors (Lipinski definition) is 0. The van der Waals surface area contributed by atoms with Crippen LogP contribution in [0.5, 0.6) is 0 Å². The maximum atomic E-state index is 2.55. The van der Waals surface area contributed by atoms with Crippen LogP contribution in [0.4, 0.5) is 0 Å². The van der Waals surface area contributed by atoms with Gasteiger partial charge in [-0.05, 0) is 11.6 Å². The summed E-state index contributed by atoms with van der Waals surface area (Å²) in [5.41, 5.74) is 0.312. The molecule has 1 radical (unpaired) electrons. The smallest absolute Gasteiger partial charge is 0 e. The van der Waals surface area contributed by atoms with E-state index in [-0.39, 0.29) is 43.7 Å². The molecule has 0 aromatic rings. The maximum absolute atomic E-state index is 2.55. The fourth-order valence-electron chi connectivity index (χ4n) is 3.07. The summed E-state index contributed by atoms with van der Waals surface area (Å²) in [6.07, 6.45) is 2.48. The molecule has 0 N–H and O–H groups in total. The van der Waals surface area contributed by atoms with Crippen LogP contribution < -0.4 is 0 Å². The summed E-state index contributed by atoms with van der Waals surface area (Å²) in [6.45, 7) is 22.9. The van der Waals surface area contributed by atoms with Crippen molar-refractivity contribution in [2.45, 2.75) is 80.8 Å². The molecule has 1 nitrogen and oxygen atoms in total. The second-order valence-electron chi connectivity index (χ2n) is 7.10. The molecule has 0 bridgehead atoms. The molecule has 0 amide bonds. The minimum absolute atomic E-state index is 0. The van der Waals surface area contributed by atoms with Crippen LogP contribution in [0, 0.1) is 23.8 Å². The van der Waals surface area contributed by atoms with Gasteiger partial charge in [0.1, 0.15) is 0 Å². The Labute approximate surface area is 141 Å². The second-order valence-corrected chi connectivity index (χ2v) is 7.10. The number of nitrogens with zero attached hydrogens (tertiary/aromatic N) is 1. The molecule has 0 aliphatic rings. The molecular formula is C16H33NY-2. The summed E-state index contributed by atoms with van der Waals surface area (Å²) < 4.78 is 0. The molecule has 0 unspecified atom stereocenters. The molecule has 2 heteroatoms. The Morgan fingerprint density at radius 1 is 0.944 bits per heavy atom. The molecule has 0 aromatic heterocycles. The third kappa shape index (κ3) is 5.21. The van der Waals surface area contributed by atoms with E-state index in [0.717, 1.165) is 0 Å². The van der Waals surface area contributed by atoms with Crippen LogP contribution in [0.2, 0.25) is 0 Å². The van der Waals surface area contributed by atoms with Gasteiger partial charge >= 0.3 is 0 Å². The Morgan fingerprint density at radius 3 is 1.56 bits per heavy atom. The average molecular weight is 328 g/mol. The van der Waals surface area contributed by atoms with Crippen molar-refractivity contribution in [2.75, 3.05) is 0 Å². The van der Waals surface area contributed by atoms with Gasteiger partial charge in [-0.1, -0.05) is 55.4 Å². The maximum Gasteiger partial charge on any atom is 0 e. The van der Waals surface area contributed by atoms with Crippen LogP contribution in [-0.2, 0) is 32.7 Å². The largest absolute Gasteiger partial charge is 0.449 e. The Hall–Kier alpha value is 1.06. The normalized spacial score (nSPS) is 13.7. The predicted octanol–water partition coefficient (Wildman–Crippen LogP) is 4.93. The molecule has 0 atom stereocenters. The van der Waals surface area contributed by atoms with Crippen molar-refractivity contribution in [2.24, 2.45) is 11.3 Å². The minimum atomic E-state index is 0. The zero-order valence-corrected chi connectivity index (χ0v) is 17.1. The monoisotopic (exact) mass is 328 g/mol. The van der Waals surface area contributed by atoms with Crippen molar-refractivity contribution in [3.05, 3.63) is 12.5 Å². The summed E-state index contributed by atoms with van der Waals surface area (Å²) in [7, 11) is 0. The fourth-order valence-corrected chi connectivity index (χ4v) is 3.07. The molecule has 0 aliphatic heterocycles. The van der Waals surface area contributed by atoms with Crippen LogP contribution in [0.1, 0.15) is 69.2 Å². The molecule has 0 heterocycles. The van der Waals surface area contributed by atoms with E-state index in [1.807, 2.05) is 0 Å². The first-order valence-corrected chi connectivity index (χ1v) is 6.89. The van der Waals surface area contributed by atoms with E-state index in [4.69, 9.17) is 0 Å². The molecule has 0 aliphatic carbocycles. The van der Waals surface area contributed by atoms with Crippen molar-refractivity contribution >= 4 is 0 Å². The van der Waals surface area contributed by atoms with E-state index >= 15 is 0 Å². The van der Waals surface area contributed by atoms with Gasteiger partial charge in [-0.2, -0.15) is 19.8 Å². The summed E-state index contributed by atoms with van der Waals surface area (Å²) in [5, 5.41) is 0. The van der Waals surface area contributed by atoms with E-state index in [1.165, 1.54) is 6.04 Å². The van der Waals surface area contributed by atoms with Gasteiger partial charge in [0.15, 0.2) is 0 Å². The van der Waals surface area contributed by atoms with Gasteiger partial charge in [-0.25, -0.2) is 0 Å². The third-order valence-corrected chi connectivity index (χ3v) is 3.93. The molecule has 18 heavy (non-hydrogen) atoms. The van der Waals surface area contributed by atoms with Crippen molar-refractivity contribution in [3.63, 3.8) is 0 Å². The standard InChI is InChI=1S/C16H33N.Y/c1-12(2)11-15(7,8)16(9,10)17(13(3)4)14(5)6;/h11-13H,1-10H3;/q-2;. The molecule has 0 fully saturated rings. The molecule has 0 saturated heterocycles. The first-order chi connectivity index (χ1) is 7.43. The van der Waals surface area contributed by atoms with Crippen LogP contribution in [0.25, 0.3) is 0 Å². The van der Waals surface area contributed by atoms with E-state index in [9.17, 15) is 0 Å². The summed E-state index contributed by atoms with van der Waals surface area (Å²) in [6, 6.07) is 1.94. The zero-order valence-electron chi connectivity index (χ0n) is 14.3. The van der Waals surface area contributed by atoms with Crippen molar-refractivity contribution < 1.29 is 32.7 Å². The van der Waals surface area contributed by atoms with Crippen LogP contribution in [0.3, 0.4) is 0 Å². The summed E-state index contributed by atoms with van der Waals surface area (Å²) >= 11 is 0. The Balaban J connectivity index is 0. The van der Waals surface area contributed by atoms with E-state index in [1.54, 1.807) is 0 Å². The minimum Gasteiger partial charge on any atom is -0.449 e. The van der Waals surface area contributed by atoms with Crippen molar-refractivity contribution in [1.82, 2.24) is 4.90 Å². The molecule has 0 saturated carbocycles. The Bertz CT molecular complexity index is 221. The van der Waals surface area contributed by atoms with Gasteiger partial charge < -0.3 is 11.3 Å². The number of hydrogen-bond acceptors (Lipinski definition) is 1. The van der Waals surface area contributed by atoms with E-state index in [0.29, 0.717) is 12.0 Å². The Morgan fingerprint density at radius 2 is 1.33 bits per heavy atom. The third-order valence-electron chi connectivity index (χ3n) is 3.93. The fraction of sp³-hybridized carbons (Fsp3) is 0.875. The molecule has 0 spiro atoms. The first-order valence-electron chi connectivity index (χ1n) is 6.89. The molecule has 0 rings (SSSR count). The molecule has 107 valence electrons.